The molecule has 0 spiro atoms. The number of aryl methyl sites for hydroxylation is 1. The molecule has 12 heavy (non-hydrogen) atoms. The number of hydrogen-bond donors (Lipinski definition) is 0. The highest BCUT2D eigenvalue weighted by molar-refractivity contribution is 6.48. The molecule has 0 unspecified atom stereocenters. The van der Waals surface area contributed by atoms with E-state index in [9.17, 15) is 0 Å². The van der Waals surface area contributed by atoms with Crippen LogP contribution in [0, 0.1) is 0 Å². The summed E-state index contributed by atoms with van der Waals surface area (Å²) < 4.78 is 0. The molecule has 1 aromatic rings. The summed E-state index contributed by atoms with van der Waals surface area (Å²) in [6.07, 6.45) is 0.706. The van der Waals surface area contributed by atoms with Gasteiger partial charge in [-0.2, -0.15) is 0 Å². The first-order valence-electron chi connectivity index (χ1n) is 3.35. The van der Waals surface area contributed by atoms with Crippen LogP contribution in [0.3, 0.4) is 0 Å². The van der Waals surface area contributed by atoms with E-state index in [1.165, 1.54) is 0 Å². The van der Waals surface area contributed by atoms with E-state index in [4.69, 9.17) is 46.4 Å². The van der Waals surface area contributed by atoms with Crippen LogP contribution in [0.15, 0.2) is 12.1 Å². The third-order valence-corrected chi connectivity index (χ3v) is 3.00. The van der Waals surface area contributed by atoms with Crippen LogP contribution >= 0.6 is 46.4 Å². The lowest BCUT2D eigenvalue weighted by atomic mass is 10.2. The van der Waals surface area contributed by atoms with Gasteiger partial charge in [0.05, 0.1) is 15.1 Å². The quantitative estimate of drug-likeness (QED) is 0.533. The fraction of sp³-hybridized carbons (Fsp3) is 0.250. The fourth-order valence-corrected chi connectivity index (χ4v) is 1.71. The summed E-state index contributed by atoms with van der Waals surface area (Å²) in [6, 6.07) is 3.55. The highest BCUT2D eigenvalue weighted by atomic mass is 35.5. The molecule has 0 bridgehead atoms. The molecule has 0 aliphatic heterocycles. The van der Waals surface area contributed by atoms with Crippen molar-refractivity contribution >= 4 is 46.4 Å². The lowest BCUT2D eigenvalue weighted by Gasteiger charge is -2.04. The van der Waals surface area contributed by atoms with Crippen molar-refractivity contribution < 1.29 is 0 Å². The fourth-order valence-electron chi connectivity index (χ4n) is 0.861. The maximum Gasteiger partial charge on any atom is 0.0781 e. The Balaban J connectivity index is 3.08. The molecule has 0 aliphatic carbocycles. The van der Waals surface area contributed by atoms with Gasteiger partial charge in [-0.25, -0.2) is 0 Å². The lowest BCUT2D eigenvalue weighted by molar-refractivity contribution is 1.15. The van der Waals surface area contributed by atoms with Crippen LogP contribution in [0.2, 0.25) is 15.1 Å². The summed E-state index contributed by atoms with van der Waals surface area (Å²) >= 11 is 23.0. The van der Waals surface area contributed by atoms with Crippen molar-refractivity contribution in [2.45, 2.75) is 6.42 Å². The molecule has 0 fully saturated rings. The van der Waals surface area contributed by atoms with Crippen molar-refractivity contribution in [3.05, 3.63) is 32.8 Å². The minimum Gasteiger partial charge on any atom is -0.126 e. The molecule has 0 aromatic heterocycles. The van der Waals surface area contributed by atoms with Gasteiger partial charge in [0.1, 0.15) is 0 Å². The van der Waals surface area contributed by atoms with Gasteiger partial charge in [-0.05, 0) is 18.1 Å². The number of benzene rings is 1. The SMILES string of the molecule is ClCCc1ccc(Cl)c(Cl)c1Cl. The summed E-state index contributed by atoms with van der Waals surface area (Å²) in [5.74, 6) is 0.525. The molecule has 0 saturated carbocycles. The highest BCUT2D eigenvalue weighted by Gasteiger charge is 2.07. The molecular formula is C8H6Cl4. The van der Waals surface area contributed by atoms with Gasteiger partial charge in [-0.3, -0.25) is 0 Å². The normalized spacial score (nSPS) is 10.3. The van der Waals surface area contributed by atoms with Crippen LogP contribution in [-0.4, -0.2) is 5.88 Å². The number of rotatable bonds is 2. The highest BCUT2D eigenvalue weighted by Crippen LogP contribution is 2.32. The molecule has 1 aromatic carbocycles. The average Bonchev–Trinajstić information content (AvgIpc) is 2.07. The third-order valence-electron chi connectivity index (χ3n) is 1.48. The second-order valence-electron chi connectivity index (χ2n) is 2.27. The average molecular weight is 244 g/mol. The van der Waals surface area contributed by atoms with Crippen LogP contribution in [0.1, 0.15) is 5.56 Å². The summed E-state index contributed by atoms with van der Waals surface area (Å²) in [6.45, 7) is 0. The van der Waals surface area contributed by atoms with Gasteiger partial charge in [-0.15, -0.1) is 11.6 Å². The number of alkyl halides is 1. The van der Waals surface area contributed by atoms with Crippen molar-refractivity contribution in [1.82, 2.24) is 0 Å². The third kappa shape index (κ3) is 2.20. The first-order chi connectivity index (χ1) is 5.66. The number of halogens is 4. The van der Waals surface area contributed by atoms with Gasteiger partial charge in [-0.1, -0.05) is 40.9 Å². The summed E-state index contributed by atoms with van der Waals surface area (Å²) in [4.78, 5) is 0. The molecule has 0 aliphatic rings. The zero-order valence-electron chi connectivity index (χ0n) is 6.08. The van der Waals surface area contributed by atoms with Crippen LogP contribution in [-0.2, 0) is 6.42 Å². The lowest BCUT2D eigenvalue weighted by Crippen LogP contribution is -1.88. The molecule has 0 atom stereocenters. The first-order valence-corrected chi connectivity index (χ1v) is 5.02. The second-order valence-corrected chi connectivity index (χ2v) is 3.81. The van der Waals surface area contributed by atoms with E-state index in [1.807, 2.05) is 6.07 Å². The smallest absolute Gasteiger partial charge is 0.0781 e. The molecule has 0 radical (unpaired) electrons. The van der Waals surface area contributed by atoms with Gasteiger partial charge in [0.15, 0.2) is 0 Å². The topological polar surface area (TPSA) is 0 Å². The van der Waals surface area contributed by atoms with Crippen LogP contribution in [0.5, 0.6) is 0 Å². The Morgan fingerprint density at radius 3 is 2.25 bits per heavy atom. The summed E-state index contributed by atoms with van der Waals surface area (Å²) in [7, 11) is 0. The second kappa shape index (κ2) is 4.57. The molecular weight excluding hydrogens is 238 g/mol. The summed E-state index contributed by atoms with van der Waals surface area (Å²) in [5.41, 5.74) is 0.932. The maximum absolute atomic E-state index is 5.90. The van der Waals surface area contributed by atoms with Crippen LogP contribution in [0.25, 0.3) is 0 Å². The predicted octanol–water partition coefficient (Wildman–Crippen LogP) is 4.43. The zero-order valence-corrected chi connectivity index (χ0v) is 9.10. The molecule has 0 nitrogen and oxygen atoms in total. The first kappa shape index (κ1) is 10.5. The Morgan fingerprint density at radius 1 is 1.00 bits per heavy atom. The predicted molar refractivity (Wildman–Crippen MR) is 55.9 cm³/mol. The van der Waals surface area contributed by atoms with Gasteiger partial charge in [0.25, 0.3) is 0 Å². The number of hydrogen-bond acceptors (Lipinski definition) is 0. The Bertz CT molecular complexity index is 283. The van der Waals surface area contributed by atoms with Gasteiger partial charge >= 0.3 is 0 Å². The van der Waals surface area contributed by atoms with Crippen molar-refractivity contribution in [3.63, 3.8) is 0 Å². The van der Waals surface area contributed by atoms with Crippen LogP contribution in [0.4, 0.5) is 0 Å². The van der Waals surface area contributed by atoms with E-state index in [0.29, 0.717) is 27.4 Å². The molecule has 0 N–H and O–H groups in total. The van der Waals surface area contributed by atoms with Crippen molar-refractivity contribution in [3.8, 4) is 0 Å². The molecule has 0 saturated heterocycles. The van der Waals surface area contributed by atoms with Crippen molar-refractivity contribution in [2.24, 2.45) is 0 Å². The monoisotopic (exact) mass is 242 g/mol. The molecule has 4 heteroatoms. The van der Waals surface area contributed by atoms with Crippen molar-refractivity contribution in [1.29, 1.82) is 0 Å². The largest absolute Gasteiger partial charge is 0.126 e. The minimum absolute atomic E-state index is 0.404. The molecule has 0 amide bonds. The summed E-state index contributed by atoms with van der Waals surface area (Å²) in [5, 5.41) is 1.38. The van der Waals surface area contributed by atoms with E-state index in [0.717, 1.165) is 5.56 Å². The Hall–Kier alpha value is 0.380. The van der Waals surface area contributed by atoms with E-state index in [2.05, 4.69) is 0 Å². The maximum atomic E-state index is 5.90. The van der Waals surface area contributed by atoms with Crippen molar-refractivity contribution in [2.75, 3.05) is 5.88 Å². The molecule has 1 rings (SSSR count). The van der Waals surface area contributed by atoms with Gasteiger partial charge in [0.2, 0.25) is 0 Å². The Morgan fingerprint density at radius 2 is 1.67 bits per heavy atom. The van der Waals surface area contributed by atoms with Gasteiger partial charge in [0, 0.05) is 5.88 Å². The van der Waals surface area contributed by atoms with E-state index < -0.39 is 0 Å². The minimum atomic E-state index is 0.404. The van der Waals surface area contributed by atoms with Gasteiger partial charge < -0.3 is 0 Å². The zero-order chi connectivity index (χ0) is 9.14. The molecule has 0 heterocycles. The Labute approximate surface area is 91.4 Å². The van der Waals surface area contributed by atoms with Crippen LogP contribution < -0.4 is 0 Å². The standard InChI is InChI=1S/C8H6Cl4/c9-4-3-5-1-2-6(10)8(12)7(5)11/h1-2H,3-4H2. The van der Waals surface area contributed by atoms with E-state index >= 15 is 0 Å². The molecule has 66 valence electrons. The van der Waals surface area contributed by atoms with E-state index in [-0.39, 0.29) is 0 Å². The Kier molecular flexibility index (Phi) is 3.98. The van der Waals surface area contributed by atoms with E-state index in [1.54, 1.807) is 6.07 Å².